The van der Waals surface area contributed by atoms with Crippen molar-refractivity contribution in [3.05, 3.63) is 70.9 Å². The Labute approximate surface area is 179 Å². The number of para-hydroxylation sites is 1. The number of fused-ring (bicyclic) bond motifs is 3. The highest BCUT2D eigenvalue weighted by atomic mass is 16.5. The zero-order valence-electron chi connectivity index (χ0n) is 17.6. The maximum absolute atomic E-state index is 12.8. The highest BCUT2D eigenvalue weighted by molar-refractivity contribution is 6.05. The van der Waals surface area contributed by atoms with Crippen molar-refractivity contribution < 1.29 is 13.9 Å². The molecule has 4 rings (SSSR count). The molecule has 0 spiro atoms. The molecule has 1 N–H and O–H groups in total. The number of hydrogen-bond acceptors (Lipinski definition) is 6. The number of nitrogens with one attached hydrogen (secondary N) is 1. The molecule has 2 aromatic heterocycles. The Hall–Kier alpha value is -3.61. The minimum atomic E-state index is -0.445. The van der Waals surface area contributed by atoms with E-state index >= 15 is 0 Å². The van der Waals surface area contributed by atoms with Crippen LogP contribution in [-0.2, 0) is 16.1 Å². The summed E-state index contributed by atoms with van der Waals surface area (Å²) in [5.74, 6) is -0.445. The third-order valence-corrected chi connectivity index (χ3v) is 5.23. The van der Waals surface area contributed by atoms with Crippen LogP contribution in [0.1, 0.15) is 38.3 Å². The third kappa shape index (κ3) is 4.45. The summed E-state index contributed by atoms with van der Waals surface area (Å²) in [6, 6.07) is 13.7. The van der Waals surface area contributed by atoms with Gasteiger partial charge in [-0.25, -0.2) is 4.98 Å². The van der Waals surface area contributed by atoms with Gasteiger partial charge in [-0.3, -0.25) is 14.2 Å². The predicted molar refractivity (Wildman–Crippen MR) is 120 cm³/mol. The van der Waals surface area contributed by atoms with Gasteiger partial charge < -0.3 is 14.5 Å². The number of aromatic nitrogens is 2. The zero-order chi connectivity index (χ0) is 21.8. The third-order valence-electron chi connectivity index (χ3n) is 5.23. The van der Waals surface area contributed by atoms with Gasteiger partial charge in [0, 0.05) is 16.8 Å². The van der Waals surface area contributed by atoms with Crippen molar-refractivity contribution in [2.24, 2.45) is 0 Å². The lowest BCUT2D eigenvalue weighted by Gasteiger charge is -2.16. The lowest BCUT2D eigenvalue weighted by Crippen LogP contribution is -2.28. The Balaban J connectivity index is 1.53. The second kappa shape index (κ2) is 9.04. The van der Waals surface area contributed by atoms with E-state index in [1.54, 1.807) is 0 Å². The molecule has 0 saturated carbocycles. The Kier molecular flexibility index (Phi) is 6.02. The van der Waals surface area contributed by atoms with Crippen LogP contribution < -0.4 is 10.9 Å². The summed E-state index contributed by atoms with van der Waals surface area (Å²) in [5, 5.41) is 5.30. The Bertz CT molecular complexity index is 1270. The molecule has 0 fully saturated rings. The SMILES string of the molecule is CCCCOC(=O)Cn1cncc(N[C@@H](C)c2ccc3oc4ccccc4c3c2)c1=O. The molecular weight excluding hydrogens is 394 g/mol. The molecule has 0 aliphatic rings. The van der Waals surface area contributed by atoms with E-state index in [1.807, 2.05) is 50.2 Å². The normalized spacial score (nSPS) is 12.2. The summed E-state index contributed by atoms with van der Waals surface area (Å²) < 4.78 is 12.3. The van der Waals surface area contributed by atoms with E-state index in [0.29, 0.717) is 12.3 Å². The summed E-state index contributed by atoms with van der Waals surface area (Å²) in [6.07, 6.45) is 4.56. The number of ether oxygens (including phenoxy) is 1. The van der Waals surface area contributed by atoms with Crippen molar-refractivity contribution in [1.82, 2.24) is 9.55 Å². The van der Waals surface area contributed by atoms with Gasteiger partial charge in [0.2, 0.25) is 0 Å². The van der Waals surface area contributed by atoms with Gasteiger partial charge in [-0.15, -0.1) is 0 Å². The summed E-state index contributed by atoms with van der Waals surface area (Å²) in [7, 11) is 0. The van der Waals surface area contributed by atoms with Gasteiger partial charge in [0.1, 0.15) is 23.4 Å². The van der Waals surface area contributed by atoms with Gasteiger partial charge in [0.05, 0.1) is 19.1 Å². The lowest BCUT2D eigenvalue weighted by atomic mass is 10.0. The van der Waals surface area contributed by atoms with Gasteiger partial charge >= 0.3 is 5.97 Å². The molecule has 0 bridgehead atoms. The van der Waals surface area contributed by atoms with Crippen LogP contribution in [0.4, 0.5) is 5.69 Å². The van der Waals surface area contributed by atoms with Gasteiger partial charge in [-0.1, -0.05) is 37.6 Å². The maximum Gasteiger partial charge on any atom is 0.326 e. The fourth-order valence-electron chi connectivity index (χ4n) is 3.51. The largest absolute Gasteiger partial charge is 0.464 e. The molecule has 160 valence electrons. The van der Waals surface area contributed by atoms with E-state index < -0.39 is 5.97 Å². The molecule has 0 unspecified atom stereocenters. The molecule has 4 aromatic rings. The van der Waals surface area contributed by atoms with Crippen LogP contribution in [0.5, 0.6) is 0 Å². The van der Waals surface area contributed by atoms with Gasteiger partial charge in [0.15, 0.2) is 0 Å². The number of anilines is 1. The number of hydrogen-bond donors (Lipinski definition) is 1. The van der Waals surface area contributed by atoms with Crippen LogP contribution in [0, 0.1) is 0 Å². The van der Waals surface area contributed by atoms with Crippen LogP contribution in [0.2, 0.25) is 0 Å². The van der Waals surface area contributed by atoms with Crippen molar-refractivity contribution in [3.8, 4) is 0 Å². The average molecular weight is 419 g/mol. The van der Waals surface area contributed by atoms with Crippen molar-refractivity contribution in [3.63, 3.8) is 0 Å². The van der Waals surface area contributed by atoms with E-state index in [-0.39, 0.29) is 18.1 Å². The molecule has 7 nitrogen and oxygen atoms in total. The van der Waals surface area contributed by atoms with Crippen LogP contribution in [0.15, 0.2) is 64.2 Å². The number of nitrogens with zero attached hydrogens (tertiary/aromatic N) is 2. The average Bonchev–Trinajstić information content (AvgIpc) is 3.14. The first kappa shape index (κ1) is 20.7. The molecule has 2 aromatic carbocycles. The van der Waals surface area contributed by atoms with E-state index in [9.17, 15) is 9.59 Å². The monoisotopic (exact) mass is 419 g/mol. The van der Waals surface area contributed by atoms with Crippen LogP contribution >= 0.6 is 0 Å². The van der Waals surface area contributed by atoms with Crippen LogP contribution in [0.3, 0.4) is 0 Å². The predicted octanol–water partition coefficient (Wildman–Crippen LogP) is 4.66. The quantitative estimate of drug-likeness (QED) is 0.330. The van der Waals surface area contributed by atoms with Gasteiger partial charge in [0.25, 0.3) is 5.56 Å². The number of carbonyl (C=O) groups is 1. The molecule has 0 saturated heterocycles. The van der Waals surface area contributed by atoms with E-state index in [1.165, 1.54) is 17.1 Å². The number of carbonyl (C=O) groups excluding carboxylic acids is 1. The Morgan fingerprint density at radius 3 is 2.84 bits per heavy atom. The van der Waals surface area contributed by atoms with E-state index in [4.69, 9.17) is 9.15 Å². The van der Waals surface area contributed by atoms with E-state index in [0.717, 1.165) is 40.3 Å². The number of furan rings is 1. The van der Waals surface area contributed by atoms with Crippen molar-refractivity contribution in [1.29, 1.82) is 0 Å². The fraction of sp³-hybridized carbons (Fsp3) is 0.292. The minimum absolute atomic E-state index is 0.153. The Morgan fingerprint density at radius 1 is 1.19 bits per heavy atom. The molecule has 0 aliphatic carbocycles. The summed E-state index contributed by atoms with van der Waals surface area (Å²) in [5.41, 5.74) is 2.68. The standard InChI is InChI=1S/C24H25N3O4/c1-3-4-11-30-23(28)14-27-15-25-13-20(24(27)29)26-16(2)17-9-10-22-19(12-17)18-7-5-6-8-21(18)31-22/h5-10,12-13,15-16,26H,3-4,11,14H2,1-2H3/t16-/m0/s1. The van der Waals surface area contributed by atoms with Crippen molar-refractivity contribution in [2.75, 3.05) is 11.9 Å². The number of unbranched alkanes of at least 4 members (excludes halogenated alkanes) is 1. The smallest absolute Gasteiger partial charge is 0.326 e. The lowest BCUT2D eigenvalue weighted by molar-refractivity contribution is -0.144. The maximum atomic E-state index is 12.8. The first-order valence-electron chi connectivity index (χ1n) is 10.4. The fourth-order valence-corrected chi connectivity index (χ4v) is 3.51. The zero-order valence-corrected chi connectivity index (χ0v) is 17.6. The highest BCUT2D eigenvalue weighted by Crippen LogP contribution is 2.31. The highest BCUT2D eigenvalue weighted by Gasteiger charge is 2.14. The van der Waals surface area contributed by atoms with Crippen LogP contribution in [-0.4, -0.2) is 22.1 Å². The first-order chi connectivity index (χ1) is 15.1. The summed E-state index contributed by atoms with van der Waals surface area (Å²) >= 11 is 0. The second-order valence-corrected chi connectivity index (χ2v) is 7.53. The summed E-state index contributed by atoms with van der Waals surface area (Å²) in [4.78, 5) is 28.8. The minimum Gasteiger partial charge on any atom is -0.464 e. The first-order valence-corrected chi connectivity index (χ1v) is 10.4. The van der Waals surface area contributed by atoms with Crippen LogP contribution in [0.25, 0.3) is 21.9 Å². The van der Waals surface area contributed by atoms with E-state index in [2.05, 4.69) is 16.4 Å². The molecule has 1 atom stereocenters. The number of rotatable bonds is 8. The molecule has 0 aliphatic heterocycles. The number of benzene rings is 2. The van der Waals surface area contributed by atoms with Gasteiger partial charge in [-0.05, 0) is 37.1 Å². The Morgan fingerprint density at radius 2 is 2.00 bits per heavy atom. The molecular formula is C24H25N3O4. The summed E-state index contributed by atoms with van der Waals surface area (Å²) in [6.45, 7) is 4.19. The topological polar surface area (TPSA) is 86.4 Å². The van der Waals surface area contributed by atoms with Crippen molar-refractivity contribution >= 4 is 33.6 Å². The molecule has 0 amide bonds. The molecule has 31 heavy (non-hydrogen) atoms. The number of esters is 1. The molecule has 2 heterocycles. The van der Waals surface area contributed by atoms with Gasteiger partial charge in [-0.2, -0.15) is 0 Å². The molecule has 7 heteroatoms. The van der Waals surface area contributed by atoms with Crippen molar-refractivity contribution in [2.45, 2.75) is 39.3 Å². The molecule has 0 radical (unpaired) electrons. The second-order valence-electron chi connectivity index (χ2n) is 7.53.